The molecule has 1 heterocycles. The number of methoxy groups -OCH3 is 1. The van der Waals surface area contributed by atoms with Gasteiger partial charge in [-0.05, 0) is 19.8 Å². The Morgan fingerprint density at radius 3 is 2.74 bits per heavy atom. The van der Waals surface area contributed by atoms with Gasteiger partial charge in [0.2, 0.25) is 10.0 Å². The Bertz CT molecular complexity index is 389. The zero-order valence-electron chi connectivity index (χ0n) is 11.6. The Balaban J connectivity index is 1.81. The highest BCUT2D eigenvalue weighted by molar-refractivity contribution is 7.90. The molecule has 0 aromatic carbocycles. The standard InChI is InChI=1S/C12H24N2O4S/c1-10(7-13-11-3-4-11)19(15,16)14-8-12(17-2)5-6-18-9-12/h10-11,13-14H,3-9H2,1-2H3. The van der Waals surface area contributed by atoms with E-state index in [1.807, 2.05) is 0 Å². The molecule has 112 valence electrons. The molecule has 0 aromatic heterocycles. The SMILES string of the molecule is COC1(CNS(=O)(=O)C(C)CNC2CC2)CCOC1. The van der Waals surface area contributed by atoms with E-state index >= 15 is 0 Å². The van der Waals surface area contributed by atoms with E-state index in [0.717, 1.165) is 19.3 Å². The van der Waals surface area contributed by atoms with Gasteiger partial charge in [-0.25, -0.2) is 13.1 Å². The Labute approximate surface area is 115 Å². The van der Waals surface area contributed by atoms with E-state index in [-0.39, 0.29) is 6.54 Å². The van der Waals surface area contributed by atoms with Crippen molar-refractivity contribution in [2.24, 2.45) is 0 Å². The molecule has 2 unspecified atom stereocenters. The molecule has 1 saturated carbocycles. The number of sulfonamides is 1. The maximum Gasteiger partial charge on any atom is 0.215 e. The molecule has 0 spiro atoms. The van der Waals surface area contributed by atoms with Crippen molar-refractivity contribution in [3.8, 4) is 0 Å². The van der Waals surface area contributed by atoms with Gasteiger partial charge >= 0.3 is 0 Å². The topological polar surface area (TPSA) is 76.7 Å². The van der Waals surface area contributed by atoms with Gasteiger partial charge in [0.15, 0.2) is 0 Å². The quantitative estimate of drug-likeness (QED) is 0.651. The summed E-state index contributed by atoms with van der Waals surface area (Å²) in [4.78, 5) is 0. The van der Waals surface area contributed by atoms with Crippen molar-refractivity contribution in [1.82, 2.24) is 10.0 Å². The van der Waals surface area contributed by atoms with E-state index < -0.39 is 20.9 Å². The third-order valence-corrected chi connectivity index (χ3v) is 5.67. The number of rotatable bonds is 8. The van der Waals surface area contributed by atoms with E-state index in [9.17, 15) is 8.42 Å². The molecule has 6 nitrogen and oxygen atoms in total. The largest absolute Gasteiger partial charge is 0.378 e. The van der Waals surface area contributed by atoms with E-state index in [0.29, 0.717) is 25.8 Å². The molecular formula is C12H24N2O4S. The minimum absolute atomic E-state index is 0.277. The van der Waals surface area contributed by atoms with Crippen LogP contribution >= 0.6 is 0 Å². The fraction of sp³-hybridized carbons (Fsp3) is 1.00. The molecule has 0 radical (unpaired) electrons. The second-order valence-corrected chi connectivity index (χ2v) is 7.73. The van der Waals surface area contributed by atoms with Gasteiger partial charge in [0, 0.05) is 39.3 Å². The van der Waals surface area contributed by atoms with Crippen LogP contribution in [0.1, 0.15) is 26.2 Å². The van der Waals surface area contributed by atoms with Crippen LogP contribution in [0.4, 0.5) is 0 Å². The Morgan fingerprint density at radius 2 is 2.21 bits per heavy atom. The Hall–Kier alpha value is -0.210. The second kappa shape index (κ2) is 6.05. The third-order valence-electron chi connectivity index (χ3n) is 3.90. The van der Waals surface area contributed by atoms with E-state index in [1.165, 1.54) is 0 Å². The van der Waals surface area contributed by atoms with Crippen LogP contribution in [0, 0.1) is 0 Å². The first kappa shape index (κ1) is 15.2. The summed E-state index contributed by atoms with van der Waals surface area (Å²) >= 11 is 0. The maximum absolute atomic E-state index is 12.1. The van der Waals surface area contributed by atoms with Crippen molar-refractivity contribution in [2.45, 2.75) is 43.1 Å². The molecule has 2 atom stereocenters. The monoisotopic (exact) mass is 292 g/mol. The zero-order valence-corrected chi connectivity index (χ0v) is 12.5. The van der Waals surface area contributed by atoms with Crippen LogP contribution in [0.15, 0.2) is 0 Å². The first-order chi connectivity index (χ1) is 8.97. The molecule has 0 bridgehead atoms. The van der Waals surface area contributed by atoms with Gasteiger partial charge < -0.3 is 14.8 Å². The number of nitrogens with one attached hydrogen (secondary N) is 2. The molecule has 1 saturated heterocycles. The highest BCUT2D eigenvalue weighted by Gasteiger charge is 2.37. The van der Waals surface area contributed by atoms with Crippen molar-refractivity contribution >= 4 is 10.0 Å². The number of hydrogen-bond acceptors (Lipinski definition) is 5. The van der Waals surface area contributed by atoms with Crippen molar-refractivity contribution < 1.29 is 17.9 Å². The van der Waals surface area contributed by atoms with Crippen LogP contribution in [0.25, 0.3) is 0 Å². The van der Waals surface area contributed by atoms with Gasteiger partial charge in [-0.15, -0.1) is 0 Å². The minimum Gasteiger partial charge on any atom is -0.378 e. The lowest BCUT2D eigenvalue weighted by Crippen LogP contribution is -2.48. The summed E-state index contributed by atoms with van der Waals surface area (Å²) in [5.41, 5.74) is -0.503. The molecule has 7 heteroatoms. The molecule has 2 N–H and O–H groups in total. The molecule has 2 rings (SSSR count). The van der Waals surface area contributed by atoms with Crippen LogP contribution in [-0.4, -0.2) is 58.7 Å². The minimum atomic E-state index is -3.31. The molecule has 2 fully saturated rings. The molecule has 2 aliphatic rings. The van der Waals surface area contributed by atoms with Gasteiger partial charge in [0.05, 0.1) is 11.9 Å². The van der Waals surface area contributed by atoms with Crippen LogP contribution in [0.2, 0.25) is 0 Å². The van der Waals surface area contributed by atoms with Gasteiger partial charge in [-0.1, -0.05) is 0 Å². The van der Waals surface area contributed by atoms with Gasteiger partial charge in [-0.3, -0.25) is 0 Å². The lowest BCUT2D eigenvalue weighted by Gasteiger charge is -2.26. The number of ether oxygens (including phenoxy) is 2. The highest BCUT2D eigenvalue weighted by atomic mass is 32.2. The first-order valence-corrected chi connectivity index (χ1v) is 8.37. The fourth-order valence-electron chi connectivity index (χ4n) is 2.07. The van der Waals surface area contributed by atoms with E-state index in [2.05, 4.69) is 10.0 Å². The Morgan fingerprint density at radius 1 is 1.47 bits per heavy atom. The van der Waals surface area contributed by atoms with Crippen molar-refractivity contribution in [2.75, 3.05) is 33.4 Å². The molecular weight excluding hydrogens is 268 g/mol. The Kier molecular flexibility index (Phi) is 4.84. The van der Waals surface area contributed by atoms with Crippen LogP contribution in [0.3, 0.4) is 0 Å². The summed E-state index contributed by atoms with van der Waals surface area (Å²) in [6.45, 7) is 3.56. The summed E-state index contributed by atoms with van der Waals surface area (Å²) in [6, 6.07) is 0.520. The van der Waals surface area contributed by atoms with Crippen molar-refractivity contribution in [3.63, 3.8) is 0 Å². The van der Waals surface area contributed by atoms with E-state index in [1.54, 1.807) is 14.0 Å². The molecule has 0 aromatic rings. The van der Waals surface area contributed by atoms with Crippen LogP contribution in [-0.2, 0) is 19.5 Å². The third kappa shape index (κ3) is 4.13. The van der Waals surface area contributed by atoms with Crippen molar-refractivity contribution in [1.29, 1.82) is 0 Å². The second-order valence-electron chi connectivity index (χ2n) is 5.55. The molecule has 1 aliphatic carbocycles. The lowest BCUT2D eigenvalue weighted by atomic mass is 10.0. The molecule has 1 aliphatic heterocycles. The summed E-state index contributed by atoms with van der Waals surface area (Å²) in [5, 5.41) is 2.80. The lowest BCUT2D eigenvalue weighted by molar-refractivity contribution is -0.0121. The highest BCUT2D eigenvalue weighted by Crippen LogP contribution is 2.22. The normalized spacial score (nSPS) is 29.6. The average Bonchev–Trinajstić information content (AvgIpc) is 3.10. The molecule has 19 heavy (non-hydrogen) atoms. The summed E-state index contributed by atoms with van der Waals surface area (Å²) in [7, 11) is -1.71. The van der Waals surface area contributed by atoms with E-state index in [4.69, 9.17) is 9.47 Å². The van der Waals surface area contributed by atoms with Gasteiger partial charge in [0.25, 0.3) is 0 Å². The summed E-state index contributed by atoms with van der Waals surface area (Å²) in [5.74, 6) is 0. The number of hydrogen-bond donors (Lipinski definition) is 2. The van der Waals surface area contributed by atoms with Gasteiger partial charge in [-0.2, -0.15) is 0 Å². The summed E-state index contributed by atoms with van der Waals surface area (Å²) < 4.78 is 37.6. The molecule has 0 amide bonds. The summed E-state index contributed by atoms with van der Waals surface area (Å²) in [6.07, 6.45) is 3.04. The van der Waals surface area contributed by atoms with Gasteiger partial charge in [0.1, 0.15) is 5.60 Å². The first-order valence-electron chi connectivity index (χ1n) is 6.82. The fourth-order valence-corrected chi connectivity index (χ4v) is 3.13. The van der Waals surface area contributed by atoms with Crippen molar-refractivity contribution in [3.05, 3.63) is 0 Å². The zero-order chi connectivity index (χ0) is 13.9. The van der Waals surface area contributed by atoms with Crippen LogP contribution < -0.4 is 10.0 Å². The predicted molar refractivity (Wildman–Crippen MR) is 72.6 cm³/mol. The van der Waals surface area contributed by atoms with Crippen LogP contribution in [0.5, 0.6) is 0 Å². The predicted octanol–water partition coefficient (Wildman–Crippen LogP) is -0.148. The smallest absolute Gasteiger partial charge is 0.215 e. The average molecular weight is 292 g/mol. The maximum atomic E-state index is 12.1.